The zero-order chi connectivity index (χ0) is 18.8. The van der Waals surface area contributed by atoms with E-state index in [0.29, 0.717) is 12.2 Å². The van der Waals surface area contributed by atoms with Gasteiger partial charge in [0, 0.05) is 18.8 Å². The maximum atomic E-state index is 12.8. The van der Waals surface area contributed by atoms with Crippen LogP contribution >= 0.6 is 0 Å². The van der Waals surface area contributed by atoms with Gasteiger partial charge < -0.3 is 10.2 Å². The Morgan fingerprint density at radius 1 is 0.963 bits per heavy atom. The molecule has 0 aliphatic carbocycles. The fourth-order valence-corrected chi connectivity index (χ4v) is 3.64. The van der Waals surface area contributed by atoms with Crippen LogP contribution in [-0.2, 0) is 13.0 Å². The summed E-state index contributed by atoms with van der Waals surface area (Å²) < 4.78 is 0. The highest BCUT2D eigenvalue weighted by Gasteiger charge is 2.22. The molecule has 3 aromatic rings. The highest BCUT2D eigenvalue weighted by atomic mass is 16.2. The number of hydrogen-bond acceptors (Lipinski definition) is 3. The lowest BCUT2D eigenvalue weighted by Crippen LogP contribution is -2.36. The van der Waals surface area contributed by atoms with Gasteiger partial charge >= 0.3 is 0 Å². The third-order valence-electron chi connectivity index (χ3n) is 4.91. The lowest BCUT2D eigenvalue weighted by molar-refractivity contribution is 0.0729. The molecule has 0 unspecified atom stereocenters. The fourth-order valence-electron chi connectivity index (χ4n) is 3.64. The van der Waals surface area contributed by atoms with Crippen molar-refractivity contribution in [2.75, 3.05) is 11.9 Å². The van der Waals surface area contributed by atoms with Crippen LogP contribution in [-0.4, -0.2) is 22.3 Å². The summed E-state index contributed by atoms with van der Waals surface area (Å²) in [6.07, 6.45) is 2.62. The molecular weight excluding hydrogens is 334 g/mol. The molecule has 4 heteroatoms. The molecule has 1 amide bonds. The molecule has 2 aromatic carbocycles. The Bertz CT molecular complexity index is 959. The van der Waals surface area contributed by atoms with Crippen molar-refractivity contribution >= 4 is 17.3 Å². The number of carbonyl (C=O) groups is 1. The third kappa shape index (κ3) is 3.85. The lowest BCUT2D eigenvalue weighted by Gasteiger charge is -2.28. The minimum atomic E-state index is -0.0116. The second-order valence-electron chi connectivity index (χ2n) is 7.18. The Morgan fingerprint density at radius 3 is 2.41 bits per heavy atom. The number of nitrogens with zero attached hydrogens (tertiary/aromatic N) is 2. The molecule has 2 heterocycles. The SMILES string of the molecule is Cc1cc(C)cc(Nc2ccc(C(=O)N3CCc4ccccc4C3)nc2)c1. The van der Waals surface area contributed by atoms with Crippen LogP contribution < -0.4 is 5.32 Å². The number of rotatable bonds is 3. The van der Waals surface area contributed by atoms with Gasteiger partial charge in [0.05, 0.1) is 11.9 Å². The van der Waals surface area contributed by atoms with Crippen LogP contribution in [0.2, 0.25) is 0 Å². The first-order chi connectivity index (χ1) is 13.1. The number of fused-ring (bicyclic) bond motifs is 1. The minimum absolute atomic E-state index is 0.0116. The maximum Gasteiger partial charge on any atom is 0.272 e. The van der Waals surface area contributed by atoms with Crippen molar-refractivity contribution in [3.63, 3.8) is 0 Å². The number of anilines is 2. The second kappa shape index (κ2) is 7.23. The Labute approximate surface area is 159 Å². The van der Waals surface area contributed by atoms with Crippen molar-refractivity contribution in [3.05, 3.63) is 88.7 Å². The highest BCUT2D eigenvalue weighted by Crippen LogP contribution is 2.22. The predicted octanol–water partition coefficient (Wildman–Crippen LogP) is 4.64. The van der Waals surface area contributed by atoms with Gasteiger partial charge in [-0.3, -0.25) is 4.79 Å². The standard InChI is InChI=1S/C23H23N3O/c1-16-11-17(2)13-21(12-16)25-20-7-8-22(24-14-20)23(27)26-10-9-18-5-3-4-6-19(18)15-26/h3-8,11-14,25H,9-10,15H2,1-2H3. The minimum Gasteiger partial charge on any atom is -0.354 e. The van der Waals surface area contributed by atoms with Gasteiger partial charge in [0.25, 0.3) is 5.91 Å². The summed E-state index contributed by atoms with van der Waals surface area (Å²) >= 11 is 0. The summed E-state index contributed by atoms with van der Waals surface area (Å²) in [5.41, 5.74) is 7.37. The average Bonchev–Trinajstić information content (AvgIpc) is 2.67. The molecule has 1 aliphatic rings. The quantitative estimate of drug-likeness (QED) is 0.743. The molecule has 0 atom stereocenters. The first kappa shape index (κ1) is 17.3. The number of aryl methyl sites for hydroxylation is 2. The van der Waals surface area contributed by atoms with Gasteiger partial charge in [-0.15, -0.1) is 0 Å². The normalized spacial score (nSPS) is 13.2. The van der Waals surface area contributed by atoms with Gasteiger partial charge in [0.2, 0.25) is 0 Å². The first-order valence-electron chi connectivity index (χ1n) is 9.26. The van der Waals surface area contributed by atoms with Crippen LogP contribution in [0.5, 0.6) is 0 Å². The summed E-state index contributed by atoms with van der Waals surface area (Å²) in [4.78, 5) is 19.1. The van der Waals surface area contributed by atoms with E-state index in [9.17, 15) is 4.79 Å². The zero-order valence-corrected chi connectivity index (χ0v) is 15.7. The molecule has 4 rings (SSSR count). The molecule has 0 saturated carbocycles. The predicted molar refractivity (Wildman–Crippen MR) is 108 cm³/mol. The highest BCUT2D eigenvalue weighted by molar-refractivity contribution is 5.92. The fraction of sp³-hybridized carbons (Fsp3) is 0.217. The summed E-state index contributed by atoms with van der Waals surface area (Å²) in [7, 11) is 0. The van der Waals surface area contributed by atoms with E-state index in [4.69, 9.17) is 0 Å². The van der Waals surface area contributed by atoms with Crippen LogP contribution in [0.1, 0.15) is 32.7 Å². The second-order valence-corrected chi connectivity index (χ2v) is 7.18. The van der Waals surface area contributed by atoms with Crippen molar-refractivity contribution in [3.8, 4) is 0 Å². The summed E-state index contributed by atoms with van der Waals surface area (Å²) in [6, 6.07) is 18.4. The number of nitrogens with one attached hydrogen (secondary N) is 1. The van der Waals surface area contributed by atoms with E-state index in [1.807, 2.05) is 17.0 Å². The van der Waals surface area contributed by atoms with Gasteiger partial charge in [-0.1, -0.05) is 30.3 Å². The molecule has 136 valence electrons. The molecule has 1 aromatic heterocycles. The number of benzene rings is 2. The molecule has 27 heavy (non-hydrogen) atoms. The van der Waals surface area contributed by atoms with Crippen molar-refractivity contribution < 1.29 is 4.79 Å². The van der Waals surface area contributed by atoms with Crippen molar-refractivity contribution in [2.45, 2.75) is 26.8 Å². The molecule has 4 nitrogen and oxygen atoms in total. The monoisotopic (exact) mass is 357 g/mol. The van der Waals surface area contributed by atoms with Gasteiger partial charge in [0.15, 0.2) is 0 Å². The van der Waals surface area contributed by atoms with Crippen molar-refractivity contribution in [1.29, 1.82) is 0 Å². The molecular formula is C23H23N3O. The molecule has 0 fully saturated rings. The summed E-state index contributed by atoms with van der Waals surface area (Å²) in [5, 5.41) is 3.36. The first-order valence-corrected chi connectivity index (χ1v) is 9.26. The lowest BCUT2D eigenvalue weighted by atomic mass is 10.00. The Balaban J connectivity index is 1.46. The number of carbonyl (C=O) groups excluding carboxylic acids is 1. The van der Waals surface area contributed by atoms with E-state index in [0.717, 1.165) is 24.3 Å². The van der Waals surface area contributed by atoms with E-state index >= 15 is 0 Å². The Hall–Kier alpha value is -3.14. The van der Waals surface area contributed by atoms with E-state index in [-0.39, 0.29) is 5.91 Å². The number of pyridine rings is 1. The molecule has 1 N–H and O–H groups in total. The Morgan fingerprint density at radius 2 is 1.70 bits per heavy atom. The van der Waals surface area contributed by atoms with Crippen LogP contribution in [0.15, 0.2) is 60.8 Å². The largest absolute Gasteiger partial charge is 0.354 e. The number of aromatic nitrogens is 1. The van der Waals surface area contributed by atoms with Crippen LogP contribution in [0.25, 0.3) is 0 Å². The van der Waals surface area contributed by atoms with Crippen LogP contribution in [0.3, 0.4) is 0 Å². The topological polar surface area (TPSA) is 45.2 Å². The van der Waals surface area contributed by atoms with Gasteiger partial charge in [-0.2, -0.15) is 0 Å². The van der Waals surface area contributed by atoms with Gasteiger partial charge in [-0.05, 0) is 66.8 Å². The maximum absolute atomic E-state index is 12.8. The smallest absolute Gasteiger partial charge is 0.272 e. The van der Waals surface area contributed by atoms with Crippen LogP contribution in [0, 0.1) is 13.8 Å². The average molecular weight is 357 g/mol. The molecule has 0 radical (unpaired) electrons. The summed E-state index contributed by atoms with van der Waals surface area (Å²) in [5.74, 6) is -0.0116. The van der Waals surface area contributed by atoms with Gasteiger partial charge in [-0.25, -0.2) is 4.98 Å². The van der Waals surface area contributed by atoms with Crippen molar-refractivity contribution in [1.82, 2.24) is 9.88 Å². The number of amides is 1. The molecule has 0 saturated heterocycles. The zero-order valence-electron chi connectivity index (χ0n) is 15.7. The Kier molecular flexibility index (Phi) is 4.63. The van der Waals surface area contributed by atoms with E-state index < -0.39 is 0 Å². The van der Waals surface area contributed by atoms with E-state index in [2.05, 4.69) is 60.5 Å². The van der Waals surface area contributed by atoms with Gasteiger partial charge in [0.1, 0.15) is 5.69 Å². The third-order valence-corrected chi connectivity index (χ3v) is 4.91. The summed E-state index contributed by atoms with van der Waals surface area (Å²) in [6.45, 7) is 5.54. The molecule has 0 bridgehead atoms. The molecule has 1 aliphatic heterocycles. The van der Waals surface area contributed by atoms with Crippen LogP contribution in [0.4, 0.5) is 11.4 Å². The number of hydrogen-bond donors (Lipinski definition) is 1. The molecule has 0 spiro atoms. The van der Waals surface area contributed by atoms with Crippen molar-refractivity contribution in [2.24, 2.45) is 0 Å². The van der Waals surface area contributed by atoms with E-state index in [1.54, 1.807) is 12.3 Å². The van der Waals surface area contributed by atoms with E-state index in [1.165, 1.54) is 22.3 Å².